The van der Waals surface area contributed by atoms with Gasteiger partial charge in [0.25, 0.3) is 0 Å². The molecule has 4 rings (SSSR count). The maximum atomic E-state index is 11.9. The van der Waals surface area contributed by atoms with E-state index in [9.17, 15) is 8.42 Å². The Hall–Kier alpha value is -2.98. The summed E-state index contributed by atoms with van der Waals surface area (Å²) in [6.07, 6.45) is 6.42. The van der Waals surface area contributed by atoms with Crippen LogP contribution in [0.2, 0.25) is 0 Å². The van der Waals surface area contributed by atoms with Crippen molar-refractivity contribution in [3.8, 4) is 0 Å². The Balaban J connectivity index is 1.78. The van der Waals surface area contributed by atoms with Crippen molar-refractivity contribution in [3.63, 3.8) is 0 Å². The number of methoxy groups -OCH3 is 1. The molecule has 4 aromatic rings. The van der Waals surface area contributed by atoms with Gasteiger partial charge in [-0.05, 0) is 12.1 Å². The zero-order valence-electron chi connectivity index (χ0n) is 14.8. The number of nitrogens with zero attached hydrogens (tertiary/aromatic N) is 4. The van der Waals surface area contributed by atoms with Crippen LogP contribution in [0.15, 0.2) is 41.7 Å². The number of nitrogens with one attached hydrogen (secondary N) is 2. The van der Waals surface area contributed by atoms with Crippen LogP contribution in [0.25, 0.3) is 21.8 Å². The second kappa shape index (κ2) is 6.63. The number of hydrogen-bond donors (Lipinski definition) is 2. The molecule has 27 heavy (non-hydrogen) atoms. The Bertz CT molecular complexity index is 1230. The standard InChI is InChI=1S/C17H18N6O3S/c1-26-6-5-23-10-11(8-19-23)20-17-16-14(9-18-22-16)13-4-3-12(27(2,24)25)7-15(13)21-17/h3-4,7-10H,5-6H2,1-2H3,(H,18,22)(H,20,21). The fourth-order valence-corrected chi connectivity index (χ4v) is 3.51. The monoisotopic (exact) mass is 386 g/mol. The molecule has 0 fully saturated rings. The van der Waals surface area contributed by atoms with E-state index in [1.54, 1.807) is 42.4 Å². The van der Waals surface area contributed by atoms with E-state index in [2.05, 4.69) is 25.6 Å². The molecule has 0 spiro atoms. The molecule has 0 saturated heterocycles. The van der Waals surface area contributed by atoms with E-state index in [0.29, 0.717) is 24.5 Å². The highest BCUT2D eigenvalue weighted by Crippen LogP contribution is 2.30. The summed E-state index contributed by atoms with van der Waals surface area (Å²) in [6, 6.07) is 4.91. The van der Waals surface area contributed by atoms with Crippen molar-refractivity contribution in [3.05, 3.63) is 36.8 Å². The van der Waals surface area contributed by atoms with Gasteiger partial charge < -0.3 is 10.1 Å². The molecule has 0 aliphatic carbocycles. The lowest BCUT2D eigenvalue weighted by Crippen LogP contribution is -2.04. The van der Waals surface area contributed by atoms with Gasteiger partial charge in [0.2, 0.25) is 0 Å². The summed E-state index contributed by atoms with van der Waals surface area (Å²) >= 11 is 0. The summed E-state index contributed by atoms with van der Waals surface area (Å²) in [6.45, 7) is 1.20. The van der Waals surface area contributed by atoms with Crippen molar-refractivity contribution < 1.29 is 13.2 Å². The van der Waals surface area contributed by atoms with Crippen LogP contribution < -0.4 is 5.32 Å². The van der Waals surface area contributed by atoms with E-state index in [-0.39, 0.29) is 4.90 Å². The van der Waals surface area contributed by atoms with Crippen LogP contribution in [-0.2, 0) is 21.1 Å². The number of hydrogen-bond acceptors (Lipinski definition) is 7. The third-order valence-corrected chi connectivity index (χ3v) is 5.33. The first-order chi connectivity index (χ1) is 13.0. The molecular weight excluding hydrogens is 368 g/mol. The summed E-state index contributed by atoms with van der Waals surface area (Å²) in [5.74, 6) is 0.548. The predicted octanol–water partition coefficient (Wildman–Crippen LogP) is 2.10. The molecule has 10 heteroatoms. The van der Waals surface area contributed by atoms with E-state index in [1.165, 1.54) is 6.26 Å². The van der Waals surface area contributed by atoms with Gasteiger partial charge in [0.1, 0.15) is 5.52 Å². The van der Waals surface area contributed by atoms with Crippen molar-refractivity contribution in [2.45, 2.75) is 11.4 Å². The van der Waals surface area contributed by atoms with Gasteiger partial charge >= 0.3 is 0 Å². The number of pyridine rings is 1. The molecule has 1 aromatic carbocycles. The highest BCUT2D eigenvalue weighted by Gasteiger charge is 2.14. The Morgan fingerprint density at radius 1 is 1.26 bits per heavy atom. The van der Waals surface area contributed by atoms with Crippen molar-refractivity contribution in [1.82, 2.24) is 25.0 Å². The van der Waals surface area contributed by atoms with Crippen LogP contribution in [0, 0.1) is 0 Å². The zero-order valence-corrected chi connectivity index (χ0v) is 15.6. The Morgan fingerprint density at radius 3 is 2.89 bits per heavy atom. The second-order valence-electron chi connectivity index (χ2n) is 6.18. The average molecular weight is 386 g/mol. The molecule has 0 atom stereocenters. The first-order valence-electron chi connectivity index (χ1n) is 8.21. The maximum absolute atomic E-state index is 11.9. The lowest BCUT2D eigenvalue weighted by molar-refractivity contribution is 0.183. The molecule has 3 aromatic heterocycles. The second-order valence-corrected chi connectivity index (χ2v) is 8.20. The highest BCUT2D eigenvalue weighted by molar-refractivity contribution is 7.90. The number of benzene rings is 1. The lowest BCUT2D eigenvalue weighted by atomic mass is 10.1. The number of H-pyrrole nitrogens is 1. The molecule has 0 amide bonds. The molecule has 3 heterocycles. The number of anilines is 2. The van der Waals surface area contributed by atoms with Gasteiger partial charge in [0, 0.05) is 30.3 Å². The Kier molecular flexibility index (Phi) is 4.28. The van der Waals surface area contributed by atoms with E-state index in [0.717, 1.165) is 22.0 Å². The van der Waals surface area contributed by atoms with Crippen molar-refractivity contribution in [2.24, 2.45) is 0 Å². The van der Waals surface area contributed by atoms with E-state index < -0.39 is 9.84 Å². The molecule has 0 aliphatic heterocycles. The lowest BCUT2D eigenvalue weighted by Gasteiger charge is -2.08. The van der Waals surface area contributed by atoms with Gasteiger partial charge in [-0.3, -0.25) is 9.78 Å². The van der Waals surface area contributed by atoms with Gasteiger partial charge in [-0.25, -0.2) is 13.4 Å². The topological polar surface area (TPSA) is 115 Å². The van der Waals surface area contributed by atoms with Crippen molar-refractivity contribution in [1.29, 1.82) is 0 Å². The van der Waals surface area contributed by atoms with Crippen molar-refractivity contribution >= 4 is 43.1 Å². The maximum Gasteiger partial charge on any atom is 0.175 e. The van der Waals surface area contributed by atoms with Crippen LogP contribution in [-0.4, -0.2) is 53.4 Å². The molecule has 0 bridgehead atoms. The summed E-state index contributed by atoms with van der Waals surface area (Å²) in [5, 5.41) is 16.2. The molecule has 0 aliphatic rings. The smallest absolute Gasteiger partial charge is 0.175 e. The summed E-state index contributed by atoms with van der Waals surface area (Å²) < 4.78 is 30.6. The highest BCUT2D eigenvalue weighted by atomic mass is 32.2. The van der Waals surface area contributed by atoms with Crippen LogP contribution in [0.5, 0.6) is 0 Å². The minimum atomic E-state index is -3.32. The number of sulfone groups is 1. The first-order valence-corrected chi connectivity index (χ1v) is 10.1. The molecule has 140 valence electrons. The normalized spacial score (nSPS) is 12.1. The largest absolute Gasteiger partial charge is 0.383 e. The minimum Gasteiger partial charge on any atom is -0.383 e. The van der Waals surface area contributed by atoms with E-state index >= 15 is 0 Å². The number of aromatic amines is 1. The minimum absolute atomic E-state index is 0.226. The quantitative estimate of drug-likeness (QED) is 0.521. The van der Waals surface area contributed by atoms with E-state index in [4.69, 9.17) is 4.74 Å². The van der Waals surface area contributed by atoms with Gasteiger partial charge in [0.05, 0.1) is 41.6 Å². The third kappa shape index (κ3) is 3.36. The van der Waals surface area contributed by atoms with Crippen LogP contribution in [0.3, 0.4) is 0 Å². The fourth-order valence-electron chi connectivity index (χ4n) is 2.87. The predicted molar refractivity (Wildman–Crippen MR) is 102 cm³/mol. The Morgan fingerprint density at radius 2 is 2.11 bits per heavy atom. The molecule has 9 nitrogen and oxygen atoms in total. The third-order valence-electron chi connectivity index (χ3n) is 4.22. The van der Waals surface area contributed by atoms with Gasteiger partial charge in [-0.1, -0.05) is 6.07 Å². The molecule has 2 N–H and O–H groups in total. The van der Waals surface area contributed by atoms with Crippen molar-refractivity contribution in [2.75, 3.05) is 25.3 Å². The summed E-state index contributed by atoms with van der Waals surface area (Å²) in [5.41, 5.74) is 2.06. The molecule has 0 saturated carbocycles. The van der Waals surface area contributed by atoms with Gasteiger partial charge in [-0.15, -0.1) is 0 Å². The van der Waals surface area contributed by atoms with E-state index in [1.807, 2.05) is 6.20 Å². The zero-order chi connectivity index (χ0) is 19.0. The number of rotatable bonds is 6. The van der Waals surface area contributed by atoms with Crippen LogP contribution >= 0.6 is 0 Å². The summed E-state index contributed by atoms with van der Waals surface area (Å²) in [7, 11) is -1.68. The van der Waals surface area contributed by atoms with Crippen LogP contribution in [0.4, 0.5) is 11.5 Å². The number of ether oxygens (including phenoxy) is 1. The number of aromatic nitrogens is 5. The fraction of sp³-hybridized carbons (Fsp3) is 0.235. The SMILES string of the molecule is COCCn1cc(Nc2nc3cc(S(C)(=O)=O)ccc3c3cn[nH]c23)cn1. The van der Waals surface area contributed by atoms with Gasteiger partial charge in [-0.2, -0.15) is 10.2 Å². The van der Waals surface area contributed by atoms with Crippen LogP contribution in [0.1, 0.15) is 0 Å². The first kappa shape index (κ1) is 17.4. The molecular formula is C17H18N6O3S. The average Bonchev–Trinajstić information content (AvgIpc) is 3.28. The Labute approximate surface area is 155 Å². The molecule has 0 unspecified atom stereocenters. The summed E-state index contributed by atoms with van der Waals surface area (Å²) in [4.78, 5) is 4.83. The number of fused-ring (bicyclic) bond motifs is 3. The molecule has 0 radical (unpaired) electrons. The van der Waals surface area contributed by atoms with Gasteiger partial charge in [0.15, 0.2) is 15.7 Å².